The summed E-state index contributed by atoms with van der Waals surface area (Å²) in [7, 11) is -3.69. The van der Waals surface area contributed by atoms with Crippen molar-refractivity contribution in [3.63, 3.8) is 0 Å². The van der Waals surface area contributed by atoms with Gasteiger partial charge in [-0.3, -0.25) is 10.1 Å². The van der Waals surface area contributed by atoms with Crippen LogP contribution in [0, 0.1) is 10.1 Å². The highest BCUT2D eigenvalue weighted by Gasteiger charge is 2.13. The van der Waals surface area contributed by atoms with Gasteiger partial charge in [0, 0.05) is 23.3 Å². The Balaban J connectivity index is 1.50. The fourth-order valence-corrected chi connectivity index (χ4v) is 3.87. The highest BCUT2D eigenvalue weighted by atomic mass is 32.2. The van der Waals surface area contributed by atoms with Crippen LogP contribution in [0.25, 0.3) is 0 Å². The Morgan fingerprint density at radius 1 is 1.10 bits per heavy atom. The minimum absolute atomic E-state index is 0.0255. The molecule has 0 aliphatic rings. The van der Waals surface area contributed by atoms with E-state index in [9.17, 15) is 18.5 Å². The second-order valence-corrected chi connectivity index (χ2v) is 8.35. The van der Waals surface area contributed by atoms with Crippen molar-refractivity contribution in [2.24, 2.45) is 0 Å². The SMILES string of the molecule is O=[N+]([O-])c1ccc(S(=O)(=O)/C=C/CSc2nnc(COc3ccccc3)o2)cc1. The molecule has 0 N–H and O–H groups in total. The molecule has 0 saturated heterocycles. The molecule has 0 saturated carbocycles. The number of nitro groups is 1. The van der Waals surface area contributed by atoms with E-state index >= 15 is 0 Å². The second kappa shape index (κ2) is 9.34. The van der Waals surface area contributed by atoms with E-state index in [0.29, 0.717) is 11.6 Å². The van der Waals surface area contributed by atoms with E-state index in [0.717, 1.165) is 17.5 Å². The van der Waals surface area contributed by atoms with Crippen LogP contribution in [0.1, 0.15) is 5.89 Å². The molecule has 1 heterocycles. The molecule has 0 bridgehead atoms. The topological polar surface area (TPSA) is 125 Å². The van der Waals surface area contributed by atoms with Gasteiger partial charge in [0.1, 0.15) is 5.75 Å². The van der Waals surface area contributed by atoms with E-state index < -0.39 is 14.8 Å². The van der Waals surface area contributed by atoms with Crippen LogP contribution in [-0.2, 0) is 16.4 Å². The van der Waals surface area contributed by atoms with Crippen molar-refractivity contribution in [1.29, 1.82) is 0 Å². The minimum Gasteiger partial charge on any atom is -0.484 e. The predicted octanol–water partition coefficient (Wildman–Crippen LogP) is 3.64. The zero-order valence-electron chi connectivity index (χ0n) is 14.9. The molecule has 1 aromatic heterocycles. The summed E-state index contributed by atoms with van der Waals surface area (Å²) in [6.07, 6.45) is 1.44. The summed E-state index contributed by atoms with van der Waals surface area (Å²) in [5.41, 5.74) is -0.174. The molecule has 0 amide bonds. The van der Waals surface area contributed by atoms with Gasteiger partial charge in [0.15, 0.2) is 16.4 Å². The predicted molar refractivity (Wildman–Crippen MR) is 105 cm³/mol. The molecule has 0 spiro atoms. The van der Waals surface area contributed by atoms with E-state index in [1.54, 1.807) is 0 Å². The van der Waals surface area contributed by atoms with Gasteiger partial charge in [-0.05, 0) is 24.3 Å². The van der Waals surface area contributed by atoms with Gasteiger partial charge in [-0.25, -0.2) is 8.42 Å². The molecule has 9 nitrogen and oxygen atoms in total. The van der Waals surface area contributed by atoms with Crippen LogP contribution in [0.2, 0.25) is 0 Å². The van der Waals surface area contributed by atoms with Crippen LogP contribution >= 0.6 is 11.8 Å². The van der Waals surface area contributed by atoms with E-state index in [4.69, 9.17) is 9.15 Å². The Kier molecular flexibility index (Phi) is 6.62. The van der Waals surface area contributed by atoms with E-state index in [-0.39, 0.29) is 28.2 Å². The number of hydrogen-bond acceptors (Lipinski definition) is 9. The van der Waals surface area contributed by atoms with E-state index in [2.05, 4.69) is 10.2 Å². The lowest BCUT2D eigenvalue weighted by Crippen LogP contribution is -1.97. The Hall–Kier alpha value is -3.18. The van der Waals surface area contributed by atoms with Crippen LogP contribution < -0.4 is 4.74 Å². The number of aromatic nitrogens is 2. The van der Waals surface area contributed by atoms with Gasteiger partial charge < -0.3 is 9.15 Å². The van der Waals surface area contributed by atoms with Gasteiger partial charge >= 0.3 is 0 Å². The third-order valence-corrected chi connectivity index (χ3v) is 5.76. The maximum atomic E-state index is 12.2. The van der Waals surface area contributed by atoms with Crippen LogP contribution in [0.15, 0.2) is 80.6 Å². The summed E-state index contributed by atoms with van der Waals surface area (Å²) in [5.74, 6) is 1.27. The third-order valence-electron chi connectivity index (χ3n) is 3.51. The van der Waals surface area contributed by atoms with Gasteiger partial charge in [-0.2, -0.15) is 0 Å². The van der Waals surface area contributed by atoms with Crippen LogP contribution in [0.5, 0.6) is 5.75 Å². The number of nitro benzene ring substituents is 1. The summed E-state index contributed by atoms with van der Waals surface area (Å²) in [6.45, 7) is 0.127. The molecule has 0 unspecified atom stereocenters. The summed E-state index contributed by atoms with van der Waals surface area (Å²) in [4.78, 5) is 10.0. The Morgan fingerprint density at radius 3 is 2.52 bits per heavy atom. The monoisotopic (exact) mass is 433 g/mol. The molecule has 0 aliphatic heterocycles. The number of benzene rings is 2. The van der Waals surface area contributed by atoms with Gasteiger partial charge in [0.25, 0.3) is 16.8 Å². The molecular weight excluding hydrogens is 418 g/mol. The van der Waals surface area contributed by atoms with Gasteiger partial charge in [0.2, 0.25) is 0 Å². The van der Waals surface area contributed by atoms with Crippen molar-refractivity contribution in [3.8, 4) is 5.75 Å². The molecule has 150 valence electrons. The van der Waals surface area contributed by atoms with Crippen molar-refractivity contribution in [2.75, 3.05) is 5.75 Å². The quantitative estimate of drug-likeness (QED) is 0.282. The summed E-state index contributed by atoms with van der Waals surface area (Å²) >= 11 is 1.17. The Labute approximate surface area is 170 Å². The second-order valence-electron chi connectivity index (χ2n) is 5.54. The normalized spacial score (nSPS) is 11.6. The number of non-ortho nitro benzene ring substituents is 1. The largest absolute Gasteiger partial charge is 0.484 e. The number of sulfone groups is 1. The molecule has 0 aliphatic carbocycles. The first-order valence-electron chi connectivity index (χ1n) is 8.23. The number of ether oxygens (including phenoxy) is 1. The standard InChI is InChI=1S/C18H15N3O6S2/c22-21(23)14-7-9-16(10-8-14)29(24,25)12-4-11-28-18-20-19-17(27-18)13-26-15-5-2-1-3-6-15/h1-10,12H,11,13H2/b12-4+. The first-order chi connectivity index (χ1) is 13.9. The first-order valence-corrected chi connectivity index (χ1v) is 10.8. The van der Waals surface area contributed by atoms with Gasteiger partial charge in [0.05, 0.1) is 9.82 Å². The molecule has 0 atom stereocenters. The minimum atomic E-state index is -3.69. The van der Waals surface area contributed by atoms with Crippen LogP contribution in [-0.4, -0.2) is 29.3 Å². The number of rotatable bonds is 9. The maximum absolute atomic E-state index is 12.2. The van der Waals surface area contributed by atoms with Crippen LogP contribution in [0.4, 0.5) is 5.69 Å². The lowest BCUT2D eigenvalue weighted by Gasteiger charge is -2.01. The first kappa shape index (κ1) is 20.6. The fraction of sp³-hybridized carbons (Fsp3) is 0.111. The van der Waals surface area contributed by atoms with Gasteiger partial charge in [-0.15, -0.1) is 10.2 Å². The van der Waals surface area contributed by atoms with Crippen LogP contribution in [0.3, 0.4) is 0 Å². The molecule has 3 aromatic rings. The Bertz CT molecular complexity index is 1100. The van der Waals surface area contributed by atoms with Gasteiger partial charge in [-0.1, -0.05) is 36.0 Å². The number of thioether (sulfide) groups is 1. The number of para-hydroxylation sites is 1. The van der Waals surface area contributed by atoms with Crippen molar-refractivity contribution >= 4 is 27.3 Å². The third kappa shape index (κ3) is 5.90. The highest BCUT2D eigenvalue weighted by molar-refractivity contribution is 7.99. The Morgan fingerprint density at radius 2 is 1.83 bits per heavy atom. The molecule has 0 fully saturated rings. The van der Waals surface area contributed by atoms with Crippen molar-refractivity contribution in [2.45, 2.75) is 16.7 Å². The molecule has 29 heavy (non-hydrogen) atoms. The summed E-state index contributed by atoms with van der Waals surface area (Å²) in [6, 6.07) is 13.9. The maximum Gasteiger partial charge on any atom is 0.277 e. The zero-order chi connectivity index (χ0) is 20.7. The number of hydrogen-bond donors (Lipinski definition) is 0. The number of nitrogens with zero attached hydrogens (tertiary/aromatic N) is 3. The molecule has 3 rings (SSSR count). The van der Waals surface area contributed by atoms with E-state index in [1.807, 2.05) is 30.3 Å². The van der Waals surface area contributed by atoms with Crippen molar-refractivity contribution in [3.05, 3.63) is 82.1 Å². The molecular formula is C18H15N3O6S2. The zero-order valence-corrected chi connectivity index (χ0v) is 16.5. The average molecular weight is 433 g/mol. The summed E-state index contributed by atoms with van der Waals surface area (Å²) in [5, 5.41) is 19.7. The molecule has 0 radical (unpaired) electrons. The summed E-state index contributed by atoms with van der Waals surface area (Å²) < 4.78 is 35.4. The highest BCUT2D eigenvalue weighted by Crippen LogP contribution is 2.20. The fourth-order valence-electron chi connectivity index (χ4n) is 2.14. The van der Waals surface area contributed by atoms with Crippen molar-refractivity contribution < 1.29 is 22.5 Å². The smallest absolute Gasteiger partial charge is 0.277 e. The average Bonchev–Trinajstić information content (AvgIpc) is 3.18. The molecule has 11 heteroatoms. The molecule has 2 aromatic carbocycles. The van der Waals surface area contributed by atoms with Crippen molar-refractivity contribution in [1.82, 2.24) is 10.2 Å². The lowest BCUT2D eigenvalue weighted by molar-refractivity contribution is -0.384. The lowest BCUT2D eigenvalue weighted by atomic mass is 10.3. The van der Waals surface area contributed by atoms with E-state index in [1.165, 1.54) is 30.0 Å².